The number of nitrogens with zero attached hydrogens (tertiary/aromatic N) is 1. The highest BCUT2D eigenvalue weighted by atomic mass is 16.6. The van der Waals surface area contributed by atoms with E-state index >= 15 is 0 Å². The molecule has 0 aliphatic carbocycles. The molecule has 2 aromatic heterocycles. The van der Waals surface area contributed by atoms with Crippen molar-refractivity contribution < 1.29 is 14.4 Å². The number of phenols is 1. The normalized spacial score (nSPS) is 11.1. The lowest BCUT2D eigenvalue weighted by atomic mass is 10.1. The van der Waals surface area contributed by atoms with Crippen LogP contribution in [0.5, 0.6) is 5.75 Å². The maximum atomic E-state index is 13.0. The molecule has 0 spiro atoms. The van der Waals surface area contributed by atoms with Gasteiger partial charge >= 0.3 is 0 Å². The molecule has 0 unspecified atom stereocenters. The number of nitro benzene ring substituents is 1. The fourth-order valence-corrected chi connectivity index (χ4v) is 2.95. The van der Waals surface area contributed by atoms with Crippen molar-refractivity contribution in [1.29, 1.82) is 0 Å². The number of fused-ring (bicyclic) bond motifs is 2. The number of pyridine rings is 1. The van der Waals surface area contributed by atoms with Crippen molar-refractivity contribution in [2.75, 3.05) is 5.32 Å². The van der Waals surface area contributed by atoms with Crippen LogP contribution in [0.3, 0.4) is 0 Å². The first-order valence-electron chi connectivity index (χ1n) is 7.77. The Hall–Kier alpha value is -3.81. The van der Waals surface area contributed by atoms with Crippen molar-refractivity contribution in [2.24, 2.45) is 0 Å². The van der Waals surface area contributed by atoms with E-state index < -0.39 is 10.4 Å². The topological polar surface area (TPSA) is 121 Å². The van der Waals surface area contributed by atoms with Gasteiger partial charge in [-0.05, 0) is 36.4 Å². The zero-order valence-electron chi connectivity index (χ0n) is 13.4. The second kappa shape index (κ2) is 5.92. The Labute approximate surface area is 145 Å². The molecule has 26 heavy (non-hydrogen) atoms. The van der Waals surface area contributed by atoms with E-state index in [4.69, 9.17) is 4.42 Å². The lowest BCUT2D eigenvalue weighted by molar-refractivity contribution is -0.383. The zero-order valence-corrected chi connectivity index (χ0v) is 13.4. The highest BCUT2D eigenvalue weighted by Gasteiger charge is 2.19. The van der Waals surface area contributed by atoms with Crippen LogP contribution in [0, 0.1) is 10.1 Å². The van der Waals surface area contributed by atoms with Gasteiger partial charge in [-0.15, -0.1) is 0 Å². The number of phenolic OH excluding ortho intramolecular Hbond substituents is 1. The number of hydrogen-bond acceptors (Lipinski definition) is 6. The molecule has 0 bridgehead atoms. The largest absolute Gasteiger partial charge is 0.508 e. The molecule has 0 fully saturated rings. The molecular formula is C18H13N3O5. The molecule has 2 aromatic carbocycles. The van der Waals surface area contributed by atoms with E-state index in [1.165, 1.54) is 36.6 Å². The quantitative estimate of drug-likeness (QED) is 0.294. The first-order chi connectivity index (χ1) is 12.5. The predicted octanol–water partition coefficient (Wildman–Crippen LogP) is 3.50. The van der Waals surface area contributed by atoms with Gasteiger partial charge in [0.05, 0.1) is 28.6 Å². The molecule has 3 N–H and O–H groups in total. The maximum Gasteiger partial charge on any atom is 0.293 e. The van der Waals surface area contributed by atoms with E-state index in [0.717, 1.165) is 0 Å². The summed E-state index contributed by atoms with van der Waals surface area (Å²) in [5, 5.41) is 24.5. The summed E-state index contributed by atoms with van der Waals surface area (Å²) in [6.07, 6.45) is 1.54. The Bertz CT molecular complexity index is 1200. The third kappa shape index (κ3) is 2.53. The van der Waals surface area contributed by atoms with Gasteiger partial charge < -0.3 is 19.8 Å². The molecule has 2 heterocycles. The van der Waals surface area contributed by atoms with Crippen LogP contribution in [-0.2, 0) is 6.54 Å². The van der Waals surface area contributed by atoms with E-state index in [1.807, 2.05) is 0 Å². The van der Waals surface area contributed by atoms with Gasteiger partial charge in [0.15, 0.2) is 5.43 Å². The number of anilines is 1. The van der Waals surface area contributed by atoms with Gasteiger partial charge in [0.25, 0.3) is 5.69 Å². The van der Waals surface area contributed by atoms with Crippen LogP contribution < -0.4 is 10.7 Å². The van der Waals surface area contributed by atoms with Gasteiger partial charge in [-0.25, -0.2) is 0 Å². The minimum Gasteiger partial charge on any atom is -0.508 e. The number of aromatic nitrogens is 1. The first-order valence-corrected chi connectivity index (χ1v) is 7.77. The first kappa shape index (κ1) is 15.7. The van der Waals surface area contributed by atoms with E-state index in [1.54, 1.807) is 12.1 Å². The molecular weight excluding hydrogens is 338 g/mol. The second-order valence-corrected chi connectivity index (χ2v) is 5.76. The molecule has 0 atom stereocenters. The Morgan fingerprint density at radius 1 is 1.23 bits per heavy atom. The minimum absolute atomic E-state index is 0.0575. The Morgan fingerprint density at radius 3 is 2.81 bits per heavy atom. The molecule has 4 rings (SSSR count). The van der Waals surface area contributed by atoms with Crippen LogP contribution in [-0.4, -0.2) is 15.0 Å². The number of nitro groups is 1. The summed E-state index contributed by atoms with van der Waals surface area (Å²) in [6.45, 7) is 0.317. The van der Waals surface area contributed by atoms with Gasteiger partial charge in [-0.1, -0.05) is 0 Å². The number of benzene rings is 2. The Morgan fingerprint density at radius 2 is 2.08 bits per heavy atom. The van der Waals surface area contributed by atoms with Crippen molar-refractivity contribution in [3.05, 3.63) is 74.8 Å². The van der Waals surface area contributed by atoms with E-state index in [2.05, 4.69) is 10.3 Å². The van der Waals surface area contributed by atoms with E-state index in [0.29, 0.717) is 23.5 Å². The Balaban J connectivity index is 1.98. The van der Waals surface area contributed by atoms with Crippen LogP contribution in [0.25, 0.3) is 21.8 Å². The minimum atomic E-state index is -0.541. The van der Waals surface area contributed by atoms with Crippen LogP contribution >= 0.6 is 0 Å². The summed E-state index contributed by atoms with van der Waals surface area (Å²) >= 11 is 0. The molecule has 8 heteroatoms. The lowest BCUT2D eigenvalue weighted by Gasteiger charge is -2.10. The number of rotatable bonds is 4. The van der Waals surface area contributed by atoms with E-state index in [-0.39, 0.29) is 27.7 Å². The van der Waals surface area contributed by atoms with Gasteiger partial charge in [-0.2, -0.15) is 0 Å². The molecule has 0 amide bonds. The summed E-state index contributed by atoms with van der Waals surface area (Å²) < 4.78 is 5.26. The van der Waals surface area contributed by atoms with Gasteiger partial charge in [0, 0.05) is 17.1 Å². The zero-order chi connectivity index (χ0) is 18.3. The summed E-state index contributed by atoms with van der Waals surface area (Å²) in [7, 11) is 0. The third-order valence-corrected chi connectivity index (χ3v) is 4.15. The number of hydrogen-bond donors (Lipinski definition) is 3. The SMILES string of the molecule is O=c1c2cc(O)ccc2[nH]c2c([N+](=O)[O-])ccc(NCc3ccco3)c12. The number of aromatic hydroxyl groups is 1. The summed E-state index contributed by atoms with van der Waals surface area (Å²) in [6, 6.07) is 10.6. The maximum absolute atomic E-state index is 13.0. The average molecular weight is 351 g/mol. The summed E-state index contributed by atoms with van der Waals surface area (Å²) in [5.74, 6) is 0.601. The number of nitrogens with one attached hydrogen (secondary N) is 2. The van der Waals surface area contributed by atoms with Crippen molar-refractivity contribution in [3.63, 3.8) is 0 Å². The average Bonchev–Trinajstić information content (AvgIpc) is 3.13. The highest BCUT2D eigenvalue weighted by Crippen LogP contribution is 2.30. The number of aromatic amines is 1. The summed E-state index contributed by atoms with van der Waals surface area (Å²) in [4.78, 5) is 26.8. The molecule has 0 radical (unpaired) electrons. The smallest absolute Gasteiger partial charge is 0.293 e. The van der Waals surface area contributed by atoms with Crippen LogP contribution in [0.4, 0.5) is 11.4 Å². The lowest BCUT2D eigenvalue weighted by Crippen LogP contribution is -2.10. The van der Waals surface area contributed by atoms with E-state index in [9.17, 15) is 20.0 Å². The van der Waals surface area contributed by atoms with Gasteiger partial charge in [-0.3, -0.25) is 14.9 Å². The third-order valence-electron chi connectivity index (χ3n) is 4.15. The number of H-pyrrole nitrogens is 1. The van der Waals surface area contributed by atoms with Crippen LogP contribution in [0.2, 0.25) is 0 Å². The standard InChI is InChI=1S/C18H13N3O5/c22-10-3-4-13-12(8-10)18(23)16-14(19-9-11-2-1-7-26-11)5-6-15(21(24)25)17(16)20-13/h1-8,19,22H,9H2,(H,20,23). The number of non-ortho nitro benzene ring substituents is 1. The van der Waals surface area contributed by atoms with Gasteiger partial charge in [0.2, 0.25) is 0 Å². The molecule has 130 valence electrons. The van der Waals surface area contributed by atoms with Crippen LogP contribution in [0.15, 0.2) is 57.9 Å². The molecule has 0 saturated carbocycles. The van der Waals surface area contributed by atoms with Crippen molar-refractivity contribution in [1.82, 2.24) is 4.98 Å². The monoisotopic (exact) mass is 351 g/mol. The van der Waals surface area contributed by atoms with Crippen molar-refractivity contribution in [3.8, 4) is 5.75 Å². The fourth-order valence-electron chi connectivity index (χ4n) is 2.95. The Kier molecular flexibility index (Phi) is 3.58. The molecule has 0 aliphatic heterocycles. The highest BCUT2D eigenvalue weighted by molar-refractivity contribution is 6.03. The number of furan rings is 1. The molecule has 0 aliphatic rings. The molecule has 8 nitrogen and oxygen atoms in total. The van der Waals surface area contributed by atoms with Crippen molar-refractivity contribution in [2.45, 2.75) is 6.54 Å². The molecule has 4 aromatic rings. The van der Waals surface area contributed by atoms with Gasteiger partial charge in [0.1, 0.15) is 17.0 Å². The summed E-state index contributed by atoms with van der Waals surface area (Å²) in [5.41, 5.74) is 0.369. The second-order valence-electron chi connectivity index (χ2n) is 5.76. The van der Waals surface area contributed by atoms with Crippen LogP contribution in [0.1, 0.15) is 5.76 Å². The van der Waals surface area contributed by atoms with Crippen molar-refractivity contribution >= 4 is 33.2 Å². The molecule has 0 saturated heterocycles. The fraction of sp³-hybridized carbons (Fsp3) is 0.0556. The predicted molar refractivity (Wildman–Crippen MR) is 96.4 cm³/mol.